The zero-order valence-corrected chi connectivity index (χ0v) is 13.8. The maximum Gasteiger partial charge on any atom is 0.148 e. The van der Waals surface area contributed by atoms with E-state index in [2.05, 4.69) is 20.5 Å². The van der Waals surface area contributed by atoms with Gasteiger partial charge in [0.05, 0.1) is 29.3 Å². The van der Waals surface area contributed by atoms with Crippen molar-refractivity contribution in [2.24, 2.45) is 12.1 Å². The molecule has 122 valence electrons. The number of pyridine rings is 1. The first-order valence-electron chi connectivity index (χ1n) is 8.03. The van der Waals surface area contributed by atoms with E-state index < -0.39 is 0 Å². The highest BCUT2D eigenvalue weighted by atomic mass is 15.3. The second-order valence-corrected chi connectivity index (χ2v) is 5.72. The van der Waals surface area contributed by atoms with E-state index in [9.17, 15) is 0 Å². The molecule has 0 unspecified atom stereocenters. The predicted molar refractivity (Wildman–Crippen MR) is 101 cm³/mol. The van der Waals surface area contributed by atoms with E-state index in [0.29, 0.717) is 5.82 Å². The van der Waals surface area contributed by atoms with Gasteiger partial charge in [-0.25, -0.2) is 9.97 Å². The number of aryl methyl sites for hydroxylation is 1. The minimum Gasteiger partial charge on any atom is -0.332 e. The van der Waals surface area contributed by atoms with E-state index in [4.69, 9.17) is 0 Å². The number of fused-ring (bicyclic) bond motifs is 1. The minimum atomic E-state index is 0.663. The molecule has 0 spiro atoms. The highest BCUT2D eigenvalue weighted by molar-refractivity contribution is 6.13. The van der Waals surface area contributed by atoms with E-state index in [1.807, 2.05) is 78.3 Å². The monoisotopic (exact) mass is 327 g/mol. The number of hydrogen-bond donors (Lipinski definition) is 1. The Labute approximate surface area is 145 Å². The van der Waals surface area contributed by atoms with Gasteiger partial charge in [0, 0.05) is 24.2 Å². The lowest BCUT2D eigenvalue weighted by atomic mass is 10.0. The fourth-order valence-electron chi connectivity index (χ4n) is 2.69. The molecular formula is C20H17N5. The Morgan fingerprint density at radius 3 is 2.20 bits per heavy atom. The van der Waals surface area contributed by atoms with Crippen LogP contribution < -0.4 is 5.43 Å². The summed E-state index contributed by atoms with van der Waals surface area (Å²) in [6.07, 6.45) is 3.57. The minimum absolute atomic E-state index is 0.663. The van der Waals surface area contributed by atoms with Crippen molar-refractivity contribution in [2.75, 3.05) is 5.43 Å². The van der Waals surface area contributed by atoms with Crippen LogP contribution in [0.15, 0.2) is 84.4 Å². The van der Waals surface area contributed by atoms with E-state index in [1.165, 1.54) is 0 Å². The van der Waals surface area contributed by atoms with Gasteiger partial charge in [-0.2, -0.15) is 5.10 Å². The average Bonchev–Trinajstić information content (AvgIpc) is 3.04. The summed E-state index contributed by atoms with van der Waals surface area (Å²) in [6, 6.07) is 22.1. The Bertz CT molecular complexity index is 978. The molecule has 0 saturated carbocycles. The Morgan fingerprint density at radius 2 is 1.56 bits per heavy atom. The van der Waals surface area contributed by atoms with Crippen molar-refractivity contribution in [1.82, 2.24) is 14.5 Å². The first-order chi connectivity index (χ1) is 12.3. The second-order valence-electron chi connectivity index (χ2n) is 5.72. The summed E-state index contributed by atoms with van der Waals surface area (Å²) >= 11 is 0. The van der Waals surface area contributed by atoms with Crippen LogP contribution in [-0.4, -0.2) is 20.2 Å². The number of benzene rings is 2. The fourth-order valence-corrected chi connectivity index (χ4v) is 2.69. The van der Waals surface area contributed by atoms with Crippen LogP contribution in [0.1, 0.15) is 11.1 Å². The largest absolute Gasteiger partial charge is 0.332 e. The molecule has 4 aromatic rings. The van der Waals surface area contributed by atoms with Gasteiger partial charge in [-0.05, 0) is 0 Å². The molecule has 25 heavy (non-hydrogen) atoms. The van der Waals surface area contributed by atoms with Crippen LogP contribution in [0.4, 0.5) is 5.82 Å². The van der Waals surface area contributed by atoms with Gasteiger partial charge in [-0.15, -0.1) is 0 Å². The number of hydrazone groups is 1. The zero-order chi connectivity index (χ0) is 17.1. The van der Waals surface area contributed by atoms with Gasteiger partial charge >= 0.3 is 0 Å². The van der Waals surface area contributed by atoms with Gasteiger partial charge in [-0.1, -0.05) is 60.7 Å². The summed E-state index contributed by atoms with van der Waals surface area (Å²) in [4.78, 5) is 8.78. The quantitative estimate of drug-likeness (QED) is 0.458. The molecule has 5 heteroatoms. The van der Waals surface area contributed by atoms with Gasteiger partial charge in [0.2, 0.25) is 0 Å². The van der Waals surface area contributed by atoms with Gasteiger partial charge in [0.1, 0.15) is 5.82 Å². The molecule has 0 bridgehead atoms. The molecule has 0 aliphatic heterocycles. The van der Waals surface area contributed by atoms with Crippen molar-refractivity contribution < 1.29 is 0 Å². The predicted octanol–water partition coefficient (Wildman–Crippen LogP) is 3.83. The van der Waals surface area contributed by atoms with Crippen LogP contribution in [0.25, 0.3) is 11.0 Å². The van der Waals surface area contributed by atoms with Crippen molar-refractivity contribution in [3.63, 3.8) is 0 Å². The van der Waals surface area contributed by atoms with E-state index in [1.54, 1.807) is 12.5 Å². The standard InChI is InChI=1S/C20H17N5/c1-25-14-22-17-12-19(21-13-18(17)25)23-24-20(15-8-4-2-5-9-15)16-10-6-3-7-11-16/h2-14H,1H3,(H,21,23). The zero-order valence-electron chi connectivity index (χ0n) is 13.8. The van der Waals surface area contributed by atoms with Gasteiger partial charge < -0.3 is 4.57 Å². The van der Waals surface area contributed by atoms with E-state index in [-0.39, 0.29) is 0 Å². The summed E-state index contributed by atoms with van der Waals surface area (Å²) in [5.41, 5.74) is 7.89. The summed E-state index contributed by atoms with van der Waals surface area (Å²) in [7, 11) is 1.95. The fraction of sp³-hybridized carbons (Fsp3) is 0.0500. The van der Waals surface area contributed by atoms with Gasteiger partial charge in [0.25, 0.3) is 0 Å². The molecular weight excluding hydrogens is 310 g/mol. The highest BCUT2D eigenvalue weighted by Gasteiger charge is 2.07. The van der Waals surface area contributed by atoms with Crippen LogP contribution >= 0.6 is 0 Å². The van der Waals surface area contributed by atoms with E-state index in [0.717, 1.165) is 27.9 Å². The molecule has 2 heterocycles. The molecule has 0 aliphatic rings. The number of nitrogens with zero attached hydrogens (tertiary/aromatic N) is 4. The highest BCUT2D eigenvalue weighted by Crippen LogP contribution is 2.16. The first kappa shape index (κ1) is 15.1. The maximum atomic E-state index is 4.62. The molecule has 0 fully saturated rings. The molecule has 0 atom stereocenters. The van der Waals surface area contributed by atoms with Crippen LogP contribution in [-0.2, 0) is 7.05 Å². The molecule has 2 aromatic heterocycles. The molecule has 5 nitrogen and oxygen atoms in total. The average molecular weight is 327 g/mol. The lowest BCUT2D eigenvalue weighted by Crippen LogP contribution is -2.07. The van der Waals surface area contributed by atoms with Crippen LogP contribution in [0.3, 0.4) is 0 Å². The number of imidazole rings is 1. The van der Waals surface area contributed by atoms with Crippen LogP contribution in [0, 0.1) is 0 Å². The Hall–Kier alpha value is -3.47. The maximum absolute atomic E-state index is 4.62. The third kappa shape index (κ3) is 3.12. The van der Waals surface area contributed by atoms with Crippen molar-refractivity contribution in [2.45, 2.75) is 0 Å². The van der Waals surface area contributed by atoms with Crippen LogP contribution in [0.5, 0.6) is 0 Å². The topological polar surface area (TPSA) is 55.1 Å². The number of anilines is 1. The lowest BCUT2D eigenvalue weighted by Gasteiger charge is -2.08. The molecule has 4 rings (SSSR count). The lowest BCUT2D eigenvalue weighted by molar-refractivity contribution is 0.945. The molecule has 0 amide bonds. The van der Waals surface area contributed by atoms with Gasteiger partial charge in [0.15, 0.2) is 0 Å². The summed E-state index contributed by atoms with van der Waals surface area (Å²) in [5, 5.41) is 4.62. The number of hydrogen-bond acceptors (Lipinski definition) is 4. The number of rotatable bonds is 4. The third-order valence-corrected chi connectivity index (χ3v) is 3.99. The molecule has 0 saturated heterocycles. The summed E-state index contributed by atoms with van der Waals surface area (Å²) < 4.78 is 1.94. The van der Waals surface area contributed by atoms with Crippen LogP contribution in [0.2, 0.25) is 0 Å². The Morgan fingerprint density at radius 1 is 0.920 bits per heavy atom. The summed E-state index contributed by atoms with van der Waals surface area (Å²) in [6.45, 7) is 0. The van der Waals surface area contributed by atoms with Crippen molar-refractivity contribution in [3.8, 4) is 0 Å². The van der Waals surface area contributed by atoms with E-state index >= 15 is 0 Å². The second kappa shape index (κ2) is 6.57. The Balaban J connectivity index is 1.71. The Kier molecular flexibility index (Phi) is 3.96. The first-order valence-corrected chi connectivity index (χ1v) is 8.03. The summed E-state index contributed by atoms with van der Waals surface area (Å²) in [5.74, 6) is 0.663. The molecule has 0 radical (unpaired) electrons. The molecule has 0 aliphatic carbocycles. The number of aromatic nitrogens is 3. The number of nitrogens with one attached hydrogen (secondary N) is 1. The van der Waals surface area contributed by atoms with Gasteiger partial charge in [-0.3, -0.25) is 5.43 Å². The SMILES string of the molecule is Cn1cnc2cc(NN=C(c3ccccc3)c3ccccc3)ncc21. The van der Waals surface area contributed by atoms with Crippen molar-refractivity contribution in [1.29, 1.82) is 0 Å². The van der Waals surface area contributed by atoms with Crippen molar-refractivity contribution in [3.05, 3.63) is 90.4 Å². The smallest absolute Gasteiger partial charge is 0.148 e. The molecule has 2 aromatic carbocycles. The van der Waals surface area contributed by atoms with Crippen molar-refractivity contribution >= 4 is 22.6 Å². The third-order valence-electron chi connectivity index (χ3n) is 3.99. The molecule has 1 N–H and O–H groups in total. The normalized spacial score (nSPS) is 10.6.